The maximum absolute atomic E-state index is 12.3. The van der Waals surface area contributed by atoms with Crippen molar-refractivity contribution in [1.29, 1.82) is 0 Å². The van der Waals surface area contributed by atoms with E-state index in [1.165, 1.54) is 0 Å². The number of amides is 1. The summed E-state index contributed by atoms with van der Waals surface area (Å²) in [5.41, 5.74) is 0.133. The largest absolute Gasteiger partial charge is 0.340 e. The van der Waals surface area contributed by atoms with Crippen molar-refractivity contribution >= 4 is 29.1 Å². The number of carbonyl (C=O) groups is 1. The van der Waals surface area contributed by atoms with E-state index < -0.39 is 0 Å². The van der Waals surface area contributed by atoms with Crippen molar-refractivity contribution in [3.05, 3.63) is 0 Å². The molecule has 4 heteroatoms. The smallest absolute Gasteiger partial charge is 0.226 e. The first-order chi connectivity index (χ1) is 7.53. The normalized spacial score (nSPS) is 23.4. The summed E-state index contributed by atoms with van der Waals surface area (Å²) >= 11 is 11.4. The molecule has 0 aromatic heterocycles. The molecule has 1 aliphatic rings. The first kappa shape index (κ1) is 14.1. The van der Waals surface area contributed by atoms with Gasteiger partial charge in [0.05, 0.1) is 0 Å². The Labute approximate surface area is 108 Å². The average molecular weight is 266 g/mol. The number of nitrogens with zero attached hydrogens (tertiary/aromatic N) is 1. The molecule has 0 saturated heterocycles. The monoisotopic (exact) mass is 265 g/mol. The van der Waals surface area contributed by atoms with Crippen LogP contribution in [0, 0.1) is 11.3 Å². The minimum atomic E-state index is 0.133. The highest BCUT2D eigenvalue weighted by Crippen LogP contribution is 2.43. The van der Waals surface area contributed by atoms with Crippen molar-refractivity contribution < 1.29 is 4.79 Å². The SMILES string of the molecule is CC1(C)CCCC1C(=O)N(CCCl)CCCl. The van der Waals surface area contributed by atoms with E-state index in [-0.39, 0.29) is 17.2 Å². The highest BCUT2D eigenvalue weighted by Gasteiger charge is 2.40. The molecule has 94 valence electrons. The third kappa shape index (κ3) is 3.27. The standard InChI is InChI=1S/C12H21Cl2NO/c1-12(2)5-3-4-10(12)11(16)15(8-6-13)9-7-14/h10H,3-9H2,1-2H3. The Bertz CT molecular complexity index is 237. The van der Waals surface area contributed by atoms with E-state index in [0.29, 0.717) is 24.8 Å². The van der Waals surface area contributed by atoms with Gasteiger partial charge in [-0.3, -0.25) is 4.79 Å². The molecule has 1 aliphatic carbocycles. The molecule has 0 aromatic rings. The lowest BCUT2D eigenvalue weighted by molar-refractivity contribution is -0.137. The van der Waals surface area contributed by atoms with Crippen LogP contribution in [0.15, 0.2) is 0 Å². The summed E-state index contributed by atoms with van der Waals surface area (Å²) in [6, 6.07) is 0. The fourth-order valence-electron chi connectivity index (χ4n) is 2.54. The fraction of sp³-hybridized carbons (Fsp3) is 0.917. The quantitative estimate of drug-likeness (QED) is 0.700. The fourth-order valence-corrected chi connectivity index (χ4v) is 2.95. The van der Waals surface area contributed by atoms with Crippen LogP contribution >= 0.6 is 23.2 Å². The maximum Gasteiger partial charge on any atom is 0.226 e. The molecule has 1 saturated carbocycles. The molecule has 0 radical (unpaired) electrons. The molecular formula is C12H21Cl2NO. The van der Waals surface area contributed by atoms with Crippen LogP contribution in [0.25, 0.3) is 0 Å². The second kappa shape index (κ2) is 6.11. The second-order valence-electron chi connectivity index (χ2n) is 5.14. The van der Waals surface area contributed by atoms with Gasteiger partial charge in [0, 0.05) is 30.8 Å². The Balaban J connectivity index is 2.66. The van der Waals surface area contributed by atoms with Gasteiger partial charge in [-0.2, -0.15) is 0 Å². The van der Waals surface area contributed by atoms with Crippen molar-refractivity contribution in [1.82, 2.24) is 4.90 Å². The Morgan fingerprint density at radius 2 is 1.88 bits per heavy atom. The number of carbonyl (C=O) groups excluding carboxylic acids is 1. The zero-order chi connectivity index (χ0) is 12.2. The Kier molecular flexibility index (Phi) is 5.39. The molecule has 1 amide bonds. The molecule has 0 bridgehead atoms. The van der Waals surface area contributed by atoms with Crippen LogP contribution < -0.4 is 0 Å². The average Bonchev–Trinajstić information content (AvgIpc) is 2.57. The zero-order valence-electron chi connectivity index (χ0n) is 10.1. The molecule has 1 fully saturated rings. The van der Waals surface area contributed by atoms with Crippen LogP contribution in [-0.2, 0) is 4.79 Å². The third-order valence-electron chi connectivity index (χ3n) is 3.58. The topological polar surface area (TPSA) is 20.3 Å². The number of hydrogen-bond donors (Lipinski definition) is 0. The first-order valence-electron chi connectivity index (χ1n) is 5.93. The number of rotatable bonds is 5. The van der Waals surface area contributed by atoms with Gasteiger partial charge in [0.15, 0.2) is 0 Å². The highest BCUT2D eigenvalue weighted by molar-refractivity contribution is 6.18. The van der Waals surface area contributed by atoms with Crippen LogP contribution in [0.3, 0.4) is 0 Å². The summed E-state index contributed by atoms with van der Waals surface area (Å²) in [5.74, 6) is 1.36. The van der Waals surface area contributed by atoms with Crippen molar-refractivity contribution in [3.63, 3.8) is 0 Å². The van der Waals surface area contributed by atoms with Gasteiger partial charge < -0.3 is 4.90 Å². The first-order valence-corrected chi connectivity index (χ1v) is 7.00. The summed E-state index contributed by atoms with van der Waals surface area (Å²) < 4.78 is 0. The van der Waals surface area contributed by atoms with E-state index in [1.807, 2.05) is 4.90 Å². The Morgan fingerprint density at radius 3 is 2.25 bits per heavy atom. The second-order valence-corrected chi connectivity index (χ2v) is 5.89. The molecule has 1 unspecified atom stereocenters. The van der Waals surface area contributed by atoms with Crippen LogP contribution in [0.2, 0.25) is 0 Å². The van der Waals surface area contributed by atoms with Crippen LogP contribution in [0.1, 0.15) is 33.1 Å². The summed E-state index contributed by atoms with van der Waals surface area (Å²) in [5, 5.41) is 0. The predicted octanol–water partition coefficient (Wildman–Crippen LogP) is 3.12. The van der Waals surface area contributed by atoms with Gasteiger partial charge in [0.1, 0.15) is 0 Å². The van der Waals surface area contributed by atoms with E-state index in [9.17, 15) is 4.79 Å². The maximum atomic E-state index is 12.3. The lowest BCUT2D eigenvalue weighted by atomic mass is 9.81. The van der Waals surface area contributed by atoms with E-state index >= 15 is 0 Å². The molecule has 1 atom stereocenters. The molecule has 16 heavy (non-hydrogen) atoms. The van der Waals surface area contributed by atoms with Crippen molar-refractivity contribution in [2.75, 3.05) is 24.8 Å². The van der Waals surface area contributed by atoms with E-state index in [0.717, 1.165) is 19.3 Å². The van der Waals surface area contributed by atoms with Gasteiger partial charge in [0.25, 0.3) is 0 Å². The van der Waals surface area contributed by atoms with Gasteiger partial charge >= 0.3 is 0 Å². The summed E-state index contributed by atoms with van der Waals surface area (Å²) in [6.45, 7) is 5.59. The number of halogens is 2. The molecule has 0 aromatic carbocycles. The van der Waals surface area contributed by atoms with Gasteiger partial charge in [-0.1, -0.05) is 20.3 Å². The molecule has 2 nitrogen and oxygen atoms in total. The zero-order valence-corrected chi connectivity index (χ0v) is 11.7. The Hall–Kier alpha value is 0.0500. The van der Waals surface area contributed by atoms with Gasteiger partial charge in [-0.15, -0.1) is 23.2 Å². The summed E-state index contributed by atoms with van der Waals surface area (Å²) in [6.07, 6.45) is 3.30. The molecule has 1 rings (SSSR count). The lowest BCUT2D eigenvalue weighted by Crippen LogP contribution is -2.42. The molecule has 0 spiro atoms. The molecule has 0 N–H and O–H groups in total. The number of alkyl halides is 2. The lowest BCUT2D eigenvalue weighted by Gasteiger charge is -2.31. The van der Waals surface area contributed by atoms with Crippen LogP contribution in [0.4, 0.5) is 0 Å². The van der Waals surface area contributed by atoms with E-state index in [2.05, 4.69) is 13.8 Å². The van der Waals surface area contributed by atoms with Crippen LogP contribution in [0.5, 0.6) is 0 Å². The van der Waals surface area contributed by atoms with Crippen LogP contribution in [-0.4, -0.2) is 35.7 Å². The molecule has 0 heterocycles. The van der Waals surface area contributed by atoms with Gasteiger partial charge in [-0.05, 0) is 18.3 Å². The Morgan fingerprint density at radius 1 is 1.31 bits per heavy atom. The van der Waals surface area contributed by atoms with Crippen molar-refractivity contribution in [3.8, 4) is 0 Å². The van der Waals surface area contributed by atoms with Crippen molar-refractivity contribution in [2.24, 2.45) is 11.3 Å². The van der Waals surface area contributed by atoms with Gasteiger partial charge in [0.2, 0.25) is 5.91 Å². The van der Waals surface area contributed by atoms with E-state index in [4.69, 9.17) is 23.2 Å². The van der Waals surface area contributed by atoms with Crippen molar-refractivity contribution in [2.45, 2.75) is 33.1 Å². The predicted molar refractivity (Wildman–Crippen MR) is 69.1 cm³/mol. The summed E-state index contributed by atoms with van der Waals surface area (Å²) in [7, 11) is 0. The van der Waals surface area contributed by atoms with Gasteiger partial charge in [-0.25, -0.2) is 0 Å². The summed E-state index contributed by atoms with van der Waals surface area (Å²) in [4.78, 5) is 14.2. The third-order valence-corrected chi connectivity index (χ3v) is 3.91. The molecule has 0 aliphatic heterocycles. The minimum Gasteiger partial charge on any atom is -0.340 e. The van der Waals surface area contributed by atoms with E-state index in [1.54, 1.807) is 0 Å². The minimum absolute atomic E-state index is 0.133. The number of hydrogen-bond acceptors (Lipinski definition) is 1. The molecular weight excluding hydrogens is 245 g/mol. The highest BCUT2D eigenvalue weighted by atomic mass is 35.5.